The van der Waals surface area contributed by atoms with E-state index in [4.69, 9.17) is 4.74 Å². The number of benzene rings is 1. The molecular weight excluding hydrogens is 406 g/mol. The minimum Gasteiger partial charge on any atom is -0.383 e. The zero-order chi connectivity index (χ0) is 22.3. The fourth-order valence-corrected chi connectivity index (χ4v) is 4.25. The van der Waals surface area contributed by atoms with Crippen molar-refractivity contribution in [3.63, 3.8) is 0 Å². The molecule has 1 aliphatic heterocycles. The molecule has 0 bridgehead atoms. The van der Waals surface area contributed by atoms with E-state index in [-0.39, 0.29) is 41.8 Å². The average Bonchev–Trinajstić information content (AvgIpc) is 2.73. The zero-order valence-electron chi connectivity index (χ0n) is 18.2. The highest BCUT2D eigenvalue weighted by molar-refractivity contribution is 7.89. The number of amides is 2. The number of nitrogens with one attached hydrogen (secondary N) is 2. The topological polar surface area (TPSA) is 105 Å². The molecule has 0 aromatic heterocycles. The number of carbonyl (C=O) groups is 2. The summed E-state index contributed by atoms with van der Waals surface area (Å²) in [5.41, 5.74) is 0.320. The predicted molar refractivity (Wildman–Crippen MR) is 115 cm³/mol. The average molecular weight is 440 g/mol. The van der Waals surface area contributed by atoms with Gasteiger partial charge in [-0.3, -0.25) is 9.59 Å². The Kier molecular flexibility index (Phi) is 8.81. The van der Waals surface area contributed by atoms with Gasteiger partial charge < -0.3 is 15.0 Å². The number of hydrogen-bond acceptors (Lipinski definition) is 5. The van der Waals surface area contributed by atoms with E-state index in [1.54, 1.807) is 17.0 Å². The summed E-state index contributed by atoms with van der Waals surface area (Å²) in [6, 6.07) is 6.13. The van der Waals surface area contributed by atoms with Crippen molar-refractivity contribution in [3.05, 3.63) is 29.8 Å². The van der Waals surface area contributed by atoms with Gasteiger partial charge in [0.2, 0.25) is 15.9 Å². The van der Waals surface area contributed by atoms with Crippen LogP contribution in [0.4, 0.5) is 0 Å². The summed E-state index contributed by atoms with van der Waals surface area (Å²) < 4.78 is 32.0. The molecule has 2 amide bonds. The standard InChI is InChI=1S/C21H33N3O5S/c1-15(2)16(3)23-20(25)17-8-11-24(12-9-17)21(26)18-6-5-7-19(14-18)30(27,28)22-10-13-29-4/h5-7,14-17,22H,8-13H2,1-4H3,(H,23,25). The van der Waals surface area contributed by atoms with Crippen molar-refractivity contribution < 1.29 is 22.7 Å². The highest BCUT2D eigenvalue weighted by Crippen LogP contribution is 2.21. The second kappa shape index (κ2) is 10.9. The molecule has 1 aromatic carbocycles. The van der Waals surface area contributed by atoms with Gasteiger partial charge in [-0.2, -0.15) is 0 Å². The van der Waals surface area contributed by atoms with Crippen LogP contribution in [0.5, 0.6) is 0 Å². The lowest BCUT2D eigenvalue weighted by Gasteiger charge is -2.32. The molecule has 8 nitrogen and oxygen atoms in total. The van der Waals surface area contributed by atoms with Gasteiger partial charge in [0.1, 0.15) is 0 Å². The maximum Gasteiger partial charge on any atom is 0.253 e. The smallest absolute Gasteiger partial charge is 0.253 e. The largest absolute Gasteiger partial charge is 0.383 e. The molecule has 1 unspecified atom stereocenters. The van der Waals surface area contributed by atoms with E-state index >= 15 is 0 Å². The highest BCUT2D eigenvalue weighted by atomic mass is 32.2. The predicted octanol–water partition coefficient (Wildman–Crippen LogP) is 1.62. The van der Waals surface area contributed by atoms with Crippen LogP contribution in [0.2, 0.25) is 0 Å². The minimum atomic E-state index is -3.71. The van der Waals surface area contributed by atoms with Gasteiger partial charge in [-0.1, -0.05) is 19.9 Å². The van der Waals surface area contributed by atoms with E-state index in [9.17, 15) is 18.0 Å². The summed E-state index contributed by atoms with van der Waals surface area (Å²) in [5, 5.41) is 3.04. The Labute approximate surface area is 179 Å². The van der Waals surface area contributed by atoms with Crippen molar-refractivity contribution in [3.8, 4) is 0 Å². The van der Waals surface area contributed by atoms with E-state index in [0.29, 0.717) is 37.4 Å². The van der Waals surface area contributed by atoms with Gasteiger partial charge in [0.05, 0.1) is 11.5 Å². The van der Waals surface area contributed by atoms with Crippen LogP contribution < -0.4 is 10.0 Å². The summed E-state index contributed by atoms with van der Waals surface area (Å²) in [6.45, 7) is 7.47. The van der Waals surface area contributed by atoms with Gasteiger partial charge in [-0.15, -0.1) is 0 Å². The quantitative estimate of drug-likeness (QED) is 0.569. The molecule has 0 spiro atoms. The summed E-state index contributed by atoms with van der Waals surface area (Å²) in [4.78, 5) is 27.0. The summed E-state index contributed by atoms with van der Waals surface area (Å²) in [5.74, 6) is 0.0759. The van der Waals surface area contributed by atoms with Gasteiger partial charge in [0.15, 0.2) is 0 Å². The Hall–Kier alpha value is -1.97. The number of piperidine rings is 1. The third-order valence-electron chi connectivity index (χ3n) is 5.51. The van der Waals surface area contributed by atoms with Crippen LogP contribution >= 0.6 is 0 Å². The van der Waals surface area contributed by atoms with Crippen LogP contribution in [0.1, 0.15) is 44.0 Å². The lowest BCUT2D eigenvalue weighted by atomic mass is 9.94. The van der Waals surface area contributed by atoms with Crippen molar-refractivity contribution in [2.45, 2.75) is 44.6 Å². The van der Waals surface area contributed by atoms with E-state index in [1.165, 1.54) is 19.2 Å². The van der Waals surface area contributed by atoms with Gasteiger partial charge in [-0.25, -0.2) is 13.1 Å². The molecule has 1 aliphatic rings. The molecule has 9 heteroatoms. The molecule has 1 fully saturated rings. The maximum atomic E-state index is 12.9. The Morgan fingerprint density at radius 1 is 1.20 bits per heavy atom. The summed E-state index contributed by atoms with van der Waals surface area (Å²) >= 11 is 0. The SMILES string of the molecule is COCCNS(=O)(=O)c1cccc(C(=O)N2CCC(C(=O)NC(C)C(C)C)CC2)c1. The molecule has 1 heterocycles. The van der Waals surface area contributed by atoms with Gasteiger partial charge in [0, 0.05) is 44.3 Å². The first-order valence-electron chi connectivity index (χ1n) is 10.3. The molecule has 0 saturated carbocycles. The zero-order valence-corrected chi connectivity index (χ0v) is 19.0. The van der Waals surface area contributed by atoms with Crippen LogP contribution in [0, 0.1) is 11.8 Å². The Balaban J connectivity index is 1.98. The minimum absolute atomic E-state index is 0.0403. The summed E-state index contributed by atoms with van der Waals surface area (Å²) in [6.07, 6.45) is 1.19. The first kappa shape index (κ1) is 24.3. The molecule has 168 valence electrons. The van der Waals surface area contributed by atoms with Crippen LogP contribution in [0.15, 0.2) is 29.2 Å². The van der Waals surface area contributed by atoms with E-state index in [0.717, 1.165) is 0 Å². The molecular formula is C21H33N3O5S. The summed E-state index contributed by atoms with van der Waals surface area (Å²) in [7, 11) is -2.22. The monoisotopic (exact) mass is 439 g/mol. The van der Waals surface area contributed by atoms with Crippen molar-refractivity contribution in [2.24, 2.45) is 11.8 Å². The van der Waals surface area contributed by atoms with Crippen molar-refractivity contribution in [1.82, 2.24) is 14.9 Å². The third-order valence-corrected chi connectivity index (χ3v) is 6.97. The number of ether oxygens (including phenoxy) is 1. The molecule has 1 atom stereocenters. The second-order valence-electron chi connectivity index (χ2n) is 8.03. The third kappa shape index (κ3) is 6.52. The van der Waals surface area contributed by atoms with Crippen molar-refractivity contribution >= 4 is 21.8 Å². The van der Waals surface area contributed by atoms with Crippen molar-refractivity contribution in [1.29, 1.82) is 0 Å². The lowest BCUT2D eigenvalue weighted by molar-refractivity contribution is -0.127. The number of likely N-dealkylation sites (tertiary alicyclic amines) is 1. The van der Waals surface area contributed by atoms with Gasteiger partial charge in [-0.05, 0) is 43.9 Å². The van der Waals surface area contributed by atoms with Crippen LogP contribution in [0.25, 0.3) is 0 Å². The number of sulfonamides is 1. The molecule has 2 N–H and O–H groups in total. The highest BCUT2D eigenvalue weighted by Gasteiger charge is 2.29. The number of methoxy groups -OCH3 is 1. The van der Waals surface area contributed by atoms with Crippen molar-refractivity contribution in [2.75, 3.05) is 33.4 Å². The number of hydrogen-bond donors (Lipinski definition) is 2. The van der Waals surface area contributed by atoms with Crippen LogP contribution in [-0.2, 0) is 19.6 Å². The molecule has 1 saturated heterocycles. The number of carbonyl (C=O) groups excluding carboxylic acids is 2. The molecule has 0 aliphatic carbocycles. The molecule has 1 aromatic rings. The van der Waals surface area contributed by atoms with Gasteiger partial charge in [0.25, 0.3) is 5.91 Å². The normalized spacial score (nSPS) is 16.5. The fraction of sp³-hybridized carbons (Fsp3) is 0.619. The second-order valence-corrected chi connectivity index (χ2v) is 9.79. The van der Waals surface area contributed by atoms with Crippen LogP contribution in [-0.4, -0.2) is 64.5 Å². The molecule has 0 radical (unpaired) electrons. The van der Waals surface area contributed by atoms with Crippen LogP contribution in [0.3, 0.4) is 0 Å². The fourth-order valence-electron chi connectivity index (χ4n) is 3.19. The Morgan fingerprint density at radius 2 is 1.87 bits per heavy atom. The number of rotatable bonds is 9. The molecule has 30 heavy (non-hydrogen) atoms. The Morgan fingerprint density at radius 3 is 2.47 bits per heavy atom. The van der Waals surface area contributed by atoms with E-state index in [1.807, 2.05) is 6.92 Å². The van der Waals surface area contributed by atoms with Gasteiger partial charge >= 0.3 is 0 Å². The first-order valence-corrected chi connectivity index (χ1v) is 11.8. The van der Waals surface area contributed by atoms with E-state index < -0.39 is 10.0 Å². The number of nitrogens with zero attached hydrogens (tertiary/aromatic N) is 1. The molecule has 2 rings (SSSR count). The first-order chi connectivity index (χ1) is 14.2. The Bertz CT molecular complexity index is 833. The maximum absolute atomic E-state index is 12.9. The van der Waals surface area contributed by atoms with E-state index in [2.05, 4.69) is 23.9 Å². The lowest BCUT2D eigenvalue weighted by Crippen LogP contribution is -2.45.